The summed E-state index contributed by atoms with van der Waals surface area (Å²) in [6, 6.07) is 9.80. The van der Waals surface area contributed by atoms with Gasteiger partial charge in [-0.3, -0.25) is 4.90 Å². The monoisotopic (exact) mass is 305 g/mol. The number of hydrogen-bond acceptors (Lipinski definition) is 4. The minimum Gasteiger partial charge on any atom is -0.445 e. The molecular weight excluding hydrogens is 278 g/mol. The van der Waals surface area contributed by atoms with Crippen molar-refractivity contribution in [1.29, 1.82) is 0 Å². The molecule has 0 unspecified atom stereocenters. The molecule has 0 aliphatic carbocycles. The highest BCUT2D eigenvalue weighted by molar-refractivity contribution is 5.67. The van der Waals surface area contributed by atoms with Gasteiger partial charge in [0.25, 0.3) is 0 Å². The first-order valence-corrected chi connectivity index (χ1v) is 7.98. The number of benzene rings is 1. The molecule has 0 bridgehead atoms. The number of amides is 1. The second kappa shape index (κ2) is 8.76. The van der Waals surface area contributed by atoms with Crippen LogP contribution in [0, 0.1) is 0 Å². The third-order valence-corrected chi connectivity index (χ3v) is 3.92. The zero-order valence-corrected chi connectivity index (χ0v) is 13.7. The van der Waals surface area contributed by atoms with Gasteiger partial charge >= 0.3 is 6.09 Å². The Labute approximate surface area is 133 Å². The molecule has 0 N–H and O–H groups in total. The average molecular weight is 305 g/mol. The van der Waals surface area contributed by atoms with Crippen molar-refractivity contribution in [3.05, 3.63) is 35.9 Å². The van der Waals surface area contributed by atoms with Crippen molar-refractivity contribution < 1.29 is 9.53 Å². The van der Waals surface area contributed by atoms with E-state index in [0.29, 0.717) is 6.61 Å². The molecule has 0 radical (unpaired) electrons. The maximum absolute atomic E-state index is 12.1. The van der Waals surface area contributed by atoms with Crippen molar-refractivity contribution in [3.8, 4) is 0 Å². The largest absolute Gasteiger partial charge is 0.445 e. The second-order valence-electron chi connectivity index (χ2n) is 6.03. The van der Waals surface area contributed by atoms with Gasteiger partial charge in [0, 0.05) is 26.2 Å². The van der Waals surface area contributed by atoms with Crippen LogP contribution < -0.4 is 0 Å². The number of piperazine rings is 1. The summed E-state index contributed by atoms with van der Waals surface area (Å²) in [5, 5.41) is 0. The SMILES string of the molecule is CN(C)CCCN1CCN(C(=O)OCc2ccccc2)CC1. The highest BCUT2D eigenvalue weighted by Gasteiger charge is 2.21. The Morgan fingerprint density at radius 2 is 1.82 bits per heavy atom. The molecule has 1 fully saturated rings. The molecule has 1 aliphatic rings. The Balaban J connectivity index is 1.64. The van der Waals surface area contributed by atoms with Gasteiger partial charge in [-0.1, -0.05) is 30.3 Å². The molecule has 1 aromatic carbocycles. The third-order valence-electron chi connectivity index (χ3n) is 3.92. The minimum atomic E-state index is -0.197. The van der Waals surface area contributed by atoms with Crippen molar-refractivity contribution >= 4 is 6.09 Å². The summed E-state index contributed by atoms with van der Waals surface area (Å²) in [6.45, 7) is 5.96. The molecule has 0 spiro atoms. The molecule has 5 heteroatoms. The second-order valence-corrected chi connectivity index (χ2v) is 6.03. The van der Waals surface area contributed by atoms with Crippen LogP contribution >= 0.6 is 0 Å². The normalized spacial score (nSPS) is 16.0. The van der Waals surface area contributed by atoms with Gasteiger partial charge in [0.05, 0.1) is 0 Å². The van der Waals surface area contributed by atoms with Gasteiger partial charge < -0.3 is 14.5 Å². The molecule has 0 atom stereocenters. The minimum absolute atomic E-state index is 0.197. The summed E-state index contributed by atoms with van der Waals surface area (Å²) >= 11 is 0. The van der Waals surface area contributed by atoms with Crippen LogP contribution in [0.2, 0.25) is 0 Å². The molecule has 1 amide bonds. The van der Waals surface area contributed by atoms with Gasteiger partial charge in [-0.05, 0) is 39.2 Å². The third kappa shape index (κ3) is 5.66. The van der Waals surface area contributed by atoms with Crippen molar-refractivity contribution in [3.63, 3.8) is 0 Å². The van der Waals surface area contributed by atoms with Gasteiger partial charge in [-0.15, -0.1) is 0 Å². The molecule has 0 aromatic heterocycles. The summed E-state index contributed by atoms with van der Waals surface area (Å²) < 4.78 is 5.38. The lowest BCUT2D eigenvalue weighted by Gasteiger charge is -2.34. The van der Waals surface area contributed by atoms with Gasteiger partial charge in [-0.2, -0.15) is 0 Å². The predicted octanol–water partition coefficient (Wildman–Crippen LogP) is 1.89. The first-order valence-electron chi connectivity index (χ1n) is 7.98. The molecule has 0 saturated carbocycles. The lowest BCUT2D eigenvalue weighted by atomic mass is 10.2. The number of carbonyl (C=O) groups excluding carboxylic acids is 1. The summed E-state index contributed by atoms with van der Waals surface area (Å²) in [5.41, 5.74) is 1.03. The molecule has 1 saturated heterocycles. The molecule has 122 valence electrons. The van der Waals surface area contributed by atoms with Crippen LogP contribution in [0.1, 0.15) is 12.0 Å². The van der Waals surface area contributed by atoms with Crippen molar-refractivity contribution in [2.45, 2.75) is 13.0 Å². The number of carbonyl (C=O) groups is 1. The zero-order chi connectivity index (χ0) is 15.8. The fourth-order valence-electron chi connectivity index (χ4n) is 2.58. The maximum Gasteiger partial charge on any atom is 0.410 e. The van der Waals surface area contributed by atoms with Gasteiger partial charge in [-0.25, -0.2) is 4.79 Å². The van der Waals surface area contributed by atoms with Crippen LogP contribution in [0.15, 0.2) is 30.3 Å². The van der Waals surface area contributed by atoms with Crippen LogP contribution in [-0.2, 0) is 11.3 Å². The van der Waals surface area contributed by atoms with E-state index in [9.17, 15) is 4.79 Å². The van der Waals surface area contributed by atoms with E-state index in [2.05, 4.69) is 23.9 Å². The summed E-state index contributed by atoms with van der Waals surface area (Å²) in [5.74, 6) is 0. The molecular formula is C17H27N3O2. The Morgan fingerprint density at radius 3 is 2.45 bits per heavy atom. The first-order chi connectivity index (χ1) is 10.6. The van der Waals surface area contributed by atoms with E-state index in [1.165, 1.54) is 6.42 Å². The van der Waals surface area contributed by atoms with Crippen LogP contribution in [0.5, 0.6) is 0 Å². The van der Waals surface area contributed by atoms with Crippen LogP contribution in [-0.4, -0.2) is 74.2 Å². The molecule has 2 rings (SSSR count). The quantitative estimate of drug-likeness (QED) is 0.804. The molecule has 1 heterocycles. The lowest BCUT2D eigenvalue weighted by Crippen LogP contribution is -2.49. The fraction of sp³-hybridized carbons (Fsp3) is 0.588. The number of hydrogen-bond donors (Lipinski definition) is 0. The average Bonchev–Trinajstić information content (AvgIpc) is 2.54. The highest BCUT2D eigenvalue weighted by Crippen LogP contribution is 2.07. The Morgan fingerprint density at radius 1 is 1.14 bits per heavy atom. The van der Waals surface area contributed by atoms with E-state index in [4.69, 9.17) is 4.74 Å². The van der Waals surface area contributed by atoms with Crippen molar-refractivity contribution in [1.82, 2.24) is 14.7 Å². The van der Waals surface area contributed by atoms with Crippen LogP contribution in [0.25, 0.3) is 0 Å². The zero-order valence-electron chi connectivity index (χ0n) is 13.7. The molecule has 1 aliphatic heterocycles. The molecule has 22 heavy (non-hydrogen) atoms. The molecule has 1 aromatic rings. The predicted molar refractivity (Wildman–Crippen MR) is 87.8 cm³/mol. The van der Waals surface area contributed by atoms with Crippen LogP contribution in [0.3, 0.4) is 0 Å². The van der Waals surface area contributed by atoms with E-state index in [0.717, 1.165) is 44.8 Å². The number of ether oxygens (including phenoxy) is 1. The summed E-state index contributed by atoms with van der Waals surface area (Å²) in [4.78, 5) is 18.5. The fourth-order valence-corrected chi connectivity index (χ4v) is 2.58. The van der Waals surface area contributed by atoms with Gasteiger partial charge in [0.2, 0.25) is 0 Å². The first kappa shape index (κ1) is 16.8. The van der Waals surface area contributed by atoms with E-state index < -0.39 is 0 Å². The van der Waals surface area contributed by atoms with E-state index in [-0.39, 0.29) is 6.09 Å². The standard InChI is InChI=1S/C17H27N3O2/c1-18(2)9-6-10-19-11-13-20(14-12-19)17(21)22-15-16-7-4-3-5-8-16/h3-5,7-8H,6,9-15H2,1-2H3. The summed E-state index contributed by atoms with van der Waals surface area (Å²) in [7, 11) is 4.20. The van der Waals surface area contributed by atoms with Gasteiger partial charge in [0.1, 0.15) is 6.61 Å². The van der Waals surface area contributed by atoms with Gasteiger partial charge in [0.15, 0.2) is 0 Å². The smallest absolute Gasteiger partial charge is 0.410 e. The Bertz CT molecular complexity index is 442. The Hall–Kier alpha value is -1.59. The number of rotatable bonds is 6. The van der Waals surface area contributed by atoms with E-state index >= 15 is 0 Å². The van der Waals surface area contributed by atoms with Crippen molar-refractivity contribution in [2.24, 2.45) is 0 Å². The molecule has 5 nitrogen and oxygen atoms in total. The topological polar surface area (TPSA) is 36.0 Å². The number of nitrogens with zero attached hydrogens (tertiary/aromatic N) is 3. The van der Waals surface area contributed by atoms with Crippen molar-refractivity contribution in [2.75, 3.05) is 53.4 Å². The lowest BCUT2D eigenvalue weighted by molar-refractivity contribution is 0.0710. The van der Waals surface area contributed by atoms with Crippen LogP contribution in [0.4, 0.5) is 4.79 Å². The highest BCUT2D eigenvalue weighted by atomic mass is 16.6. The van der Waals surface area contributed by atoms with E-state index in [1.807, 2.05) is 35.2 Å². The maximum atomic E-state index is 12.1. The Kier molecular flexibility index (Phi) is 6.68. The summed E-state index contributed by atoms with van der Waals surface area (Å²) in [6.07, 6.45) is 0.975. The van der Waals surface area contributed by atoms with E-state index in [1.54, 1.807) is 0 Å².